The van der Waals surface area contributed by atoms with Gasteiger partial charge in [-0.3, -0.25) is 0 Å². The molecule has 1 aromatic rings. The van der Waals surface area contributed by atoms with Crippen molar-refractivity contribution in [2.45, 2.75) is 38.9 Å². The van der Waals surface area contributed by atoms with Crippen LogP contribution >= 0.6 is 0 Å². The number of rotatable bonds is 5. The molecule has 102 valence electrons. The van der Waals surface area contributed by atoms with Crippen LogP contribution in [0.5, 0.6) is 0 Å². The van der Waals surface area contributed by atoms with Gasteiger partial charge in [0.05, 0.1) is 0 Å². The van der Waals surface area contributed by atoms with Gasteiger partial charge in [-0.05, 0) is 24.4 Å². The Labute approximate surface area is 106 Å². The van der Waals surface area contributed by atoms with Gasteiger partial charge in [0, 0.05) is 0 Å². The Morgan fingerprint density at radius 3 is 2.06 bits per heavy atom. The van der Waals surface area contributed by atoms with Gasteiger partial charge in [-0.1, -0.05) is 51.1 Å². The second kappa shape index (κ2) is 5.74. The summed E-state index contributed by atoms with van der Waals surface area (Å²) >= 11 is 0. The molecule has 0 radical (unpaired) electrons. The summed E-state index contributed by atoms with van der Waals surface area (Å²) in [7, 11) is 0. The molecule has 1 rings (SSSR count). The van der Waals surface area contributed by atoms with Gasteiger partial charge in [-0.25, -0.2) is 0 Å². The van der Waals surface area contributed by atoms with Crippen LogP contribution < -0.4 is 5.32 Å². The third-order valence-corrected chi connectivity index (χ3v) is 2.94. The van der Waals surface area contributed by atoms with Gasteiger partial charge >= 0.3 is 6.18 Å². The second-order valence-corrected chi connectivity index (χ2v) is 4.90. The van der Waals surface area contributed by atoms with Crippen LogP contribution in [0.3, 0.4) is 0 Å². The summed E-state index contributed by atoms with van der Waals surface area (Å²) in [6.07, 6.45) is -4.27. The van der Waals surface area contributed by atoms with Gasteiger partial charge in [0.1, 0.15) is 5.54 Å². The van der Waals surface area contributed by atoms with E-state index in [9.17, 15) is 13.2 Å². The molecule has 0 bridgehead atoms. The number of alkyl halides is 3. The first kappa shape index (κ1) is 15.0. The Hall–Kier alpha value is -1.03. The van der Waals surface area contributed by atoms with Crippen LogP contribution in [0.2, 0.25) is 0 Å². The summed E-state index contributed by atoms with van der Waals surface area (Å²) < 4.78 is 40.6. The molecule has 1 aromatic carbocycles. The summed E-state index contributed by atoms with van der Waals surface area (Å²) in [5.74, 6) is -0.0501. The predicted molar refractivity (Wildman–Crippen MR) is 67.3 cm³/mol. The van der Waals surface area contributed by atoms with Crippen molar-refractivity contribution in [2.75, 3.05) is 6.54 Å². The van der Waals surface area contributed by atoms with Crippen LogP contribution in [-0.2, 0) is 5.54 Å². The summed E-state index contributed by atoms with van der Waals surface area (Å²) in [6.45, 7) is 5.59. The fourth-order valence-electron chi connectivity index (χ4n) is 2.31. The Morgan fingerprint density at radius 2 is 1.67 bits per heavy atom. The lowest BCUT2D eigenvalue weighted by molar-refractivity contribution is -0.205. The molecule has 1 atom stereocenters. The van der Waals surface area contributed by atoms with Crippen molar-refractivity contribution in [1.29, 1.82) is 0 Å². The zero-order valence-electron chi connectivity index (χ0n) is 11.0. The van der Waals surface area contributed by atoms with E-state index >= 15 is 0 Å². The van der Waals surface area contributed by atoms with Crippen LogP contribution in [0.4, 0.5) is 13.2 Å². The van der Waals surface area contributed by atoms with Crippen LogP contribution in [0, 0.1) is 5.92 Å². The average molecular weight is 259 g/mol. The van der Waals surface area contributed by atoms with Gasteiger partial charge in [-0.15, -0.1) is 0 Å². The SMILES string of the molecule is CCNC(CC(C)C)(c1ccccc1)C(F)(F)F. The molecule has 0 saturated heterocycles. The van der Waals surface area contributed by atoms with Crippen molar-refractivity contribution in [3.05, 3.63) is 35.9 Å². The van der Waals surface area contributed by atoms with Crippen LogP contribution in [-0.4, -0.2) is 12.7 Å². The maximum absolute atomic E-state index is 13.5. The van der Waals surface area contributed by atoms with E-state index in [-0.39, 0.29) is 24.4 Å². The highest BCUT2D eigenvalue weighted by Crippen LogP contribution is 2.43. The number of halogens is 3. The maximum atomic E-state index is 13.5. The lowest BCUT2D eigenvalue weighted by Gasteiger charge is -2.38. The molecule has 4 heteroatoms. The van der Waals surface area contributed by atoms with Gasteiger partial charge in [-0.2, -0.15) is 13.2 Å². The van der Waals surface area contributed by atoms with Crippen molar-refractivity contribution in [2.24, 2.45) is 5.92 Å². The van der Waals surface area contributed by atoms with Crippen molar-refractivity contribution in [3.8, 4) is 0 Å². The summed E-state index contributed by atoms with van der Waals surface area (Å²) in [5, 5.41) is 2.66. The van der Waals surface area contributed by atoms with Crippen molar-refractivity contribution in [3.63, 3.8) is 0 Å². The Kier molecular flexibility index (Phi) is 4.79. The minimum Gasteiger partial charge on any atom is -0.300 e. The molecule has 0 amide bonds. The minimum absolute atomic E-state index is 0.0361. The Morgan fingerprint density at radius 1 is 1.11 bits per heavy atom. The van der Waals surface area contributed by atoms with Crippen molar-refractivity contribution >= 4 is 0 Å². The molecule has 0 aliphatic rings. The molecule has 0 fully saturated rings. The first-order chi connectivity index (χ1) is 8.33. The van der Waals surface area contributed by atoms with E-state index in [0.29, 0.717) is 0 Å². The number of nitrogens with one attached hydrogen (secondary N) is 1. The van der Waals surface area contributed by atoms with Crippen molar-refractivity contribution < 1.29 is 13.2 Å². The molecule has 1 N–H and O–H groups in total. The molecule has 1 nitrogen and oxygen atoms in total. The average Bonchev–Trinajstić information content (AvgIpc) is 2.27. The highest BCUT2D eigenvalue weighted by molar-refractivity contribution is 5.27. The van der Waals surface area contributed by atoms with Crippen LogP contribution in [0.25, 0.3) is 0 Å². The molecule has 0 heterocycles. The predicted octanol–water partition coefficient (Wildman–Crippen LogP) is 4.10. The summed E-state index contributed by atoms with van der Waals surface area (Å²) in [5.41, 5.74) is -1.66. The standard InChI is InChI=1S/C14H20F3N/c1-4-18-13(10-11(2)3,14(15,16)17)12-8-6-5-7-9-12/h5-9,11,18H,4,10H2,1-3H3. The Bertz CT molecular complexity index is 359. The minimum atomic E-state index is -4.31. The number of benzene rings is 1. The third kappa shape index (κ3) is 3.05. The second-order valence-electron chi connectivity index (χ2n) is 4.90. The molecule has 0 aliphatic heterocycles. The first-order valence-corrected chi connectivity index (χ1v) is 6.20. The fraction of sp³-hybridized carbons (Fsp3) is 0.571. The Balaban J connectivity index is 3.29. The van der Waals surface area contributed by atoms with Crippen LogP contribution in [0.1, 0.15) is 32.8 Å². The zero-order chi connectivity index (χ0) is 13.8. The summed E-state index contributed by atoms with van der Waals surface area (Å²) in [4.78, 5) is 0. The van der Waals surface area contributed by atoms with E-state index < -0.39 is 11.7 Å². The van der Waals surface area contributed by atoms with E-state index in [0.717, 1.165) is 0 Å². The molecular formula is C14H20F3N. The molecule has 0 aromatic heterocycles. The largest absolute Gasteiger partial charge is 0.410 e. The monoisotopic (exact) mass is 259 g/mol. The van der Waals surface area contributed by atoms with E-state index in [4.69, 9.17) is 0 Å². The van der Waals surface area contributed by atoms with Gasteiger partial charge < -0.3 is 5.32 Å². The third-order valence-electron chi connectivity index (χ3n) is 2.94. The smallest absolute Gasteiger partial charge is 0.300 e. The normalized spacial score (nSPS) is 15.7. The van der Waals surface area contributed by atoms with Crippen LogP contribution in [0.15, 0.2) is 30.3 Å². The quantitative estimate of drug-likeness (QED) is 0.839. The zero-order valence-corrected chi connectivity index (χ0v) is 11.0. The molecule has 0 saturated carbocycles. The molecule has 18 heavy (non-hydrogen) atoms. The van der Waals surface area contributed by atoms with Gasteiger partial charge in [0.15, 0.2) is 0 Å². The van der Waals surface area contributed by atoms with E-state index in [1.165, 1.54) is 0 Å². The van der Waals surface area contributed by atoms with Gasteiger partial charge in [0.2, 0.25) is 0 Å². The summed E-state index contributed by atoms with van der Waals surface area (Å²) in [6, 6.07) is 8.10. The fourth-order valence-corrected chi connectivity index (χ4v) is 2.31. The van der Waals surface area contributed by atoms with E-state index in [1.54, 1.807) is 51.1 Å². The number of hydrogen-bond donors (Lipinski definition) is 1. The lowest BCUT2D eigenvalue weighted by atomic mass is 9.81. The van der Waals surface area contributed by atoms with Crippen molar-refractivity contribution in [1.82, 2.24) is 5.32 Å². The number of hydrogen-bond acceptors (Lipinski definition) is 1. The first-order valence-electron chi connectivity index (χ1n) is 6.20. The molecule has 0 aliphatic carbocycles. The van der Waals surface area contributed by atoms with Gasteiger partial charge in [0.25, 0.3) is 0 Å². The van der Waals surface area contributed by atoms with E-state index in [1.807, 2.05) is 0 Å². The van der Waals surface area contributed by atoms with E-state index in [2.05, 4.69) is 5.32 Å². The topological polar surface area (TPSA) is 12.0 Å². The highest BCUT2D eigenvalue weighted by Gasteiger charge is 2.55. The lowest BCUT2D eigenvalue weighted by Crippen LogP contribution is -2.54. The molecule has 0 spiro atoms. The maximum Gasteiger partial charge on any atom is 0.410 e. The highest BCUT2D eigenvalue weighted by atomic mass is 19.4. The molecular weight excluding hydrogens is 239 g/mol. The molecule has 1 unspecified atom stereocenters.